The fraction of sp³-hybridized carbons (Fsp3) is 0.385. The Morgan fingerprint density at radius 3 is 2.47 bits per heavy atom. The van der Waals surface area contributed by atoms with Crippen LogP contribution in [0.1, 0.15) is 12.5 Å². The zero-order chi connectivity index (χ0) is 14.3. The maximum absolute atomic E-state index is 11.5. The highest BCUT2D eigenvalue weighted by Gasteiger charge is 2.10. The third-order valence-electron chi connectivity index (χ3n) is 2.53. The minimum Gasteiger partial charge on any atom is -0.453 e. The summed E-state index contributed by atoms with van der Waals surface area (Å²) >= 11 is 5.60. The normalized spacial score (nSPS) is 11.5. The van der Waals surface area contributed by atoms with Gasteiger partial charge in [0.15, 0.2) is 0 Å². The van der Waals surface area contributed by atoms with Gasteiger partial charge in [-0.1, -0.05) is 19.1 Å². The van der Waals surface area contributed by atoms with Gasteiger partial charge in [0.2, 0.25) is 5.91 Å². The van der Waals surface area contributed by atoms with E-state index in [-0.39, 0.29) is 11.8 Å². The third-order valence-corrected chi connectivity index (χ3v) is 2.99. The summed E-state index contributed by atoms with van der Waals surface area (Å²) < 4.78 is 4.48. The predicted molar refractivity (Wildman–Crippen MR) is 74.2 cm³/mol. The lowest BCUT2D eigenvalue weighted by molar-refractivity contribution is -0.124. The van der Waals surface area contributed by atoms with Crippen molar-refractivity contribution < 1.29 is 14.3 Å². The molecule has 19 heavy (non-hydrogen) atoms. The van der Waals surface area contributed by atoms with Gasteiger partial charge >= 0.3 is 6.09 Å². The first-order valence-electron chi connectivity index (χ1n) is 5.84. The van der Waals surface area contributed by atoms with E-state index in [2.05, 4.69) is 15.4 Å². The van der Waals surface area contributed by atoms with Gasteiger partial charge in [0, 0.05) is 24.0 Å². The van der Waals surface area contributed by atoms with Gasteiger partial charge in [-0.05, 0) is 17.7 Å². The minimum atomic E-state index is -0.517. The molecule has 0 aromatic heterocycles. The smallest absolute Gasteiger partial charge is 0.411 e. The van der Waals surface area contributed by atoms with E-state index >= 15 is 0 Å². The van der Waals surface area contributed by atoms with Gasteiger partial charge in [0.1, 0.15) is 0 Å². The van der Waals surface area contributed by atoms with Crippen LogP contribution in [0.3, 0.4) is 0 Å². The van der Waals surface area contributed by atoms with E-state index in [9.17, 15) is 9.59 Å². The van der Waals surface area contributed by atoms with Crippen LogP contribution in [-0.4, -0.2) is 25.0 Å². The number of hydrogen-bond donors (Lipinski definition) is 2. The molecule has 0 bridgehead atoms. The SMILES string of the molecule is COC(=O)Nc1ccc(CNC(=O)C(C)CCl)cc1. The van der Waals surface area contributed by atoms with E-state index in [0.29, 0.717) is 18.1 Å². The molecule has 0 aliphatic carbocycles. The van der Waals surface area contributed by atoms with Gasteiger partial charge in [0.25, 0.3) is 0 Å². The lowest BCUT2D eigenvalue weighted by Gasteiger charge is -2.10. The summed E-state index contributed by atoms with van der Waals surface area (Å²) in [5.74, 6) is 0.0158. The Morgan fingerprint density at radius 1 is 1.32 bits per heavy atom. The van der Waals surface area contributed by atoms with Gasteiger partial charge in [0.05, 0.1) is 7.11 Å². The zero-order valence-corrected chi connectivity index (χ0v) is 11.7. The fourth-order valence-corrected chi connectivity index (χ4v) is 1.45. The summed E-state index contributed by atoms with van der Waals surface area (Å²) in [5, 5.41) is 5.33. The van der Waals surface area contributed by atoms with Crippen molar-refractivity contribution >= 4 is 29.3 Å². The van der Waals surface area contributed by atoms with Gasteiger partial charge in [-0.15, -0.1) is 11.6 Å². The predicted octanol–water partition coefficient (Wildman–Crippen LogP) is 2.36. The Morgan fingerprint density at radius 2 is 1.95 bits per heavy atom. The Balaban J connectivity index is 2.48. The molecule has 0 radical (unpaired) electrons. The molecule has 1 rings (SSSR count). The van der Waals surface area contributed by atoms with E-state index in [1.165, 1.54) is 7.11 Å². The highest BCUT2D eigenvalue weighted by molar-refractivity contribution is 6.19. The molecule has 0 fully saturated rings. The number of amides is 2. The van der Waals surface area contributed by atoms with Crippen molar-refractivity contribution in [2.75, 3.05) is 18.3 Å². The van der Waals surface area contributed by atoms with Crippen LogP contribution >= 0.6 is 11.6 Å². The molecule has 0 saturated heterocycles. The standard InChI is InChI=1S/C13H17ClN2O3/c1-9(7-14)12(17)15-8-10-3-5-11(6-4-10)16-13(18)19-2/h3-6,9H,7-8H2,1-2H3,(H,15,17)(H,16,18). The van der Waals surface area contributed by atoms with Crippen LogP contribution in [0, 0.1) is 5.92 Å². The highest BCUT2D eigenvalue weighted by atomic mass is 35.5. The molecule has 0 aliphatic heterocycles. The minimum absolute atomic E-state index is 0.0771. The molecular formula is C13H17ClN2O3. The van der Waals surface area contributed by atoms with E-state index in [4.69, 9.17) is 11.6 Å². The number of anilines is 1. The average molecular weight is 285 g/mol. The fourth-order valence-electron chi connectivity index (χ4n) is 1.31. The number of benzene rings is 1. The third kappa shape index (κ3) is 5.18. The Hall–Kier alpha value is -1.75. The second-order valence-corrected chi connectivity index (χ2v) is 4.40. The quantitative estimate of drug-likeness (QED) is 0.816. The van der Waals surface area contributed by atoms with Crippen LogP contribution in [0.25, 0.3) is 0 Å². The number of halogens is 1. The average Bonchev–Trinajstić information content (AvgIpc) is 2.45. The Bertz CT molecular complexity index is 434. The summed E-state index contributed by atoms with van der Waals surface area (Å²) in [6, 6.07) is 7.11. The second kappa shape index (κ2) is 7.63. The second-order valence-electron chi connectivity index (χ2n) is 4.09. The monoisotopic (exact) mass is 284 g/mol. The molecule has 0 spiro atoms. The van der Waals surface area contributed by atoms with Crippen molar-refractivity contribution in [1.29, 1.82) is 0 Å². The van der Waals surface area contributed by atoms with Crippen molar-refractivity contribution in [2.24, 2.45) is 5.92 Å². The molecule has 5 nitrogen and oxygen atoms in total. The van der Waals surface area contributed by atoms with Crippen LogP contribution in [0.5, 0.6) is 0 Å². The number of alkyl halides is 1. The molecule has 0 aliphatic rings. The van der Waals surface area contributed by atoms with Crippen LogP contribution in [0.4, 0.5) is 10.5 Å². The Labute approximate surface area is 117 Å². The number of carbonyl (C=O) groups excluding carboxylic acids is 2. The number of hydrogen-bond acceptors (Lipinski definition) is 3. The molecule has 6 heteroatoms. The van der Waals surface area contributed by atoms with Gasteiger partial charge in [-0.3, -0.25) is 10.1 Å². The summed E-state index contributed by atoms with van der Waals surface area (Å²) in [4.78, 5) is 22.5. The van der Waals surface area contributed by atoms with Gasteiger partial charge in [-0.2, -0.15) is 0 Å². The first-order valence-corrected chi connectivity index (χ1v) is 6.38. The number of carbonyl (C=O) groups is 2. The number of rotatable bonds is 5. The van der Waals surface area contributed by atoms with Crippen molar-refractivity contribution in [3.63, 3.8) is 0 Å². The molecule has 1 unspecified atom stereocenters. The molecule has 1 atom stereocenters. The van der Waals surface area contributed by atoms with E-state index in [0.717, 1.165) is 5.56 Å². The topological polar surface area (TPSA) is 67.4 Å². The van der Waals surface area contributed by atoms with Crippen LogP contribution in [-0.2, 0) is 16.1 Å². The lowest BCUT2D eigenvalue weighted by atomic mass is 10.1. The first-order chi connectivity index (χ1) is 9.06. The summed E-state index contributed by atoms with van der Waals surface area (Å²) in [7, 11) is 1.30. The van der Waals surface area contributed by atoms with E-state index in [1.807, 2.05) is 12.1 Å². The lowest BCUT2D eigenvalue weighted by Crippen LogP contribution is -2.29. The van der Waals surface area contributed by atoms with Crippen LogP contribution in [0.15, 0.2) is 24.3 Å². The van der Waals surface area contributed by atoms with Crippen molar-refractivity contribution in [3.8, 4) is 0 Å². The van der Waals surface area contributed by atoms with Crippen molar-refractivity contribution in [3.05, 3.63) is 29.8 Å². The number of methoxy groups -OCH3 is 1. The van der Waals surface area contributed by atoms with Crippen LogP contribution in [0.2, 0.25) is 0 Å². The van der Waals surface area contributed by atoms with Crippen LogP contribution < -0.4 is 10.6 Å². The van der Waals surface area contributed by atoms with Gasteiger partial charge < -0.3 is 10.1 Å². The highest BCUT2D eigenvalue weighted by Crippen LogP contribution is 2.10. The molecule has 0 heterocycles. The zero-order valence-electron chi connectivity index (χ0n) is 10.9. The first kappa shape index (κ1) is 15.3. The number of nitrogens with one attached hydrogen (secondary N) is 2. The molecular weight excluding hydrogens is 268 g/mol. The van der Waals surface area contributed by atoms with Gasteiger partial charge in [-0.25, -0.2) is 4.79 Å². The molecule has 2 N–H and O–H groups in total. The van der Waals surface area contributed by atoms with Crippen molar-refractivity contribution in [2.45, 2.75) is 13.5 Å². The molecule has 104 valence electrons. The molecule has 2 amide bonds. The maximum atomic E-state index is 11.5. The summed E-state index contributed by atoms with van der Waals surface area (Å²) in [5.41, 5.74) is 1.57. The van der Waals surface area contributed by atoms with Crippen molar-refractivity contribution in [1.82, 2.24) is 5.32 Å². The maximum Gasteiger partial charge on any atom is 0.411 e. The van der Waals surface area contributed by atoms with E-state index in [1.54, 1.807) is 19.1 Å². The summed E-state index contributed by atoms with van der Waals surface area (Å²) in [6.45, 7) is 2.20. The molecule has 1 aromatic carbocycles. The molecule has 0 saturated carbocycles. The molecule has 1 aromatic rings. The summed E-state index contributed by atoms with van der Waals surface area (Å²) in [6.07, 6.45) is -0.517. The van der Waals surface area contributed by atoms with E-state index < -0.39 is 6.09 Å². The number of ether oxygens (including phenoxy) is 1. The largest absolute Gasteiger partial charge is 0.453 e. The Kier molecular flexibility index (Phi) is 6.15.